The summed E-state index contributed by atoms with van der Waals surface area (Å²) >= 11 is 5.83. The molecular formula is C14H14ClNO2. The van der Waals surface area contributed by atoms with Gasteiger partial charge in [-0.15, -0.1) is 11.6 Å². The van der Waals surface area contributed by atoms with E-state index in [1.54, 1.807) is 26.6 Å². The van der Waals surface area contributed by atoms with E-state index in [4.69, 9.17) is 21.1 Å². The Kier molecular flexibility index (Phi) is 4.05. The molecule has 0 spiro atoms. The molecule has 0 aliphatic rings. The molecule has 0 fully saturated rings. The molecule has 0 saturated carbocycles. The van der Waals surface area contributed by atoms with Crippen LogP contribution < -0.4 is 9.47 Å². The van der Waals surface area contributed by atoms with E-state index in [9.17, 15) is 0 Å². The van der Waals surface area contributed by atoms with Crippen LogP contribution in [0.1, 0.15) is 5.56 Å². The summed E-state index contributed by atoms with van der Waals surface area (Å²) in [6, 6.07) is 7.66. The first-order chi connectivity index (χ1) is 8.80. The molecule has 0 unspecified atom stereocenters. The van der Waals surface area contributed by atoms with Gasteiger partial charge in [0.2, 0.25) is 0 Å². The van der Waals surface area contributed by atoms with Crippen LogP contribution in [0.15, 0.2) is 36.7 Å². The van der Waals surface area contributed by atoms with Crippen molar-refractivity contribution < 1.29 is 9.47 Å². The number of benzene rings is 1. The van der Waals surface area contributed by atoms with Crippen LogP contribution in [0.25, 0.3) is 11.1 Å². The summed E-state index contributed by atoms with van der Waals surface area (Å²) in [5.74, 6) is 1.93. The number of nitrogens with zero attached hydrogens (tertiary/aromatic N) is 1. The number of methoxy groups -OCH3 is 2. The molecule has 1 aromatic heterocycles. The van der Waals surface area contributed by atoms with Gasteiger partial charge < -0.3 is 9.47 Å². The van der Waals surface area contributed by atoms with E-state index in [0.717, 1.165) is 28.2 Å². The first kappa shape index (κ1) is 12.7. The molecule has 94 valence electrons. The van der Waals surface area contributed by atoms with Crippen LogP contribution in [-0.4, -0.2) is 19.2 Å². The molecule has 2 aromatic rings. The highest BCUT2D eigenvalue weighted by Crippen LogP contribution is 2.38. The van der Waals surface area contributed by atoms with Crippen molar-refractivity contribution in [2.24, 2.45) is 0 Å². The van der Waals surface area contributed by atoms with Gasteiger partial charge in [-0.2, -0.15) is 0 Å². The molecule has 0 N–H and O–H groups in total. The van der Waals surface area contributed by atoms with Crippen LogP contribution in [0.5, 0.6) is 11.5 Å². The zero-order valence-electron chi connectivity index (χ0n) is 10.3. The van der Waals surface area contributed by atoms with Gasteiger partial charge in [0, 0.05) is 23.8 Å². The van der Waals surface area contributed by atoms with Gasteiger partial charge in [-0.25, -0.2) is 0 Å². The second-order valence-corrected chi connectivity index (χ2v) is 4.02. The van der Waals surface area contributed by atoms with E-state index in [2.05, 4.69) is 4.98 Å². The predicted molar refractivity (Wildman–Crippen MR) is 72.3 cm³/mol. The molecule has 0 radical (unpaired) electrons. The molecule has 2 rings (SSSR count). The fourth-order valence-electron chi connectivity index (χ4n) is 1.83. The molecule has 18 heavy (non-hydrogen) atoms. The predicted octanol–water partition coefficient (Wildman–Crippen LogP) is 3.50. The molecule has 0 aliphatic carbocycles. The topological polar surface area (TPSA) is 31.4 Å². The number of pyridine rings is 1. The number of hydrogen-bond acceptors (Lipinski definition) is 3. The van der Waals surface area contributed by atoms with Crippen molar-refractivity contribution in [3.8, 4) is 22.6 Å². The molecule has 0 saturated heterocycles. The maximum Gasteiger partial charge on any atom is 0.130 e. The Morgan fingerprint density at radius 2 is 1.78 bits per heavy atom. The lowest BCUT2D eigenvalue weighted by atomic mass is 10.0. The van der Waals surface area contributed by atoms with Crippen molar-refractivity contribution >= 4 is 11.6 Å². The van der Waals surface area contributed by atoms with Gasteiger partial charge in [0.05, 0.1) is 19.8 Å². The minimum Gasteiger partial charge on any atom is -0.496 e. The zero-order chi connectivity index (χ0) is 13.0. The highest BCUT2D eigenvalue weighted by atomic mass is 35.5. The minimum atomic E-state index is 0.429. The number of hydrogen-bond donors (Lipinski definition) is 0. The summed E-state index contributed by atoms with van der Waals surface area (Å²) in [7, 11) is 3.27. The number of ether oxygens (including phenoxy) is 2. The highest BCUT2D eigenvalue weighted by Gasteiger charge is 2.12. The van der Waals surface area contributed by atoms with Gasteiger partial charge in [-0.3, -0.25) is 4.98 Å². The van der Waals surface area contributed by atoms with Gasteiger partial charge in [-0.05, 0) is 23.8 Å². The van der Waals surface area contributed by atoms with Gasteiger partial charge in [0.15, 0.2) is 0 Å². The van der Waals surface area contributed by atoms with Crippen molar-refractivity contribution in [1.82, 2.24) is 4.98 Å². The summed E-state index contributed by atoms with van der Waals surface area (Å²) in [6.45, 7) is 0. The Bertz CT molecular complexity index is 521. The van der Waals surface area contributed by atoms with Crippen molar-refractivity contribution in [3.05, 3.63) is 42.2 Å². The first-order valence-corrected chi connectivity index (χ1v) is 6.05. The third-order valence-corrected chi connectivity index (χ3v) is 2.97. The normalized spacial score (nSPS) is 10.2. The summed E-state index contributed by atoms with van der Waals surface area (Å²) in [4.78, 5) is 4.19. The third-order valence-electron chi connectivity index (χ3n) is 2.67. The molecule has 1 heterocycles. The van der Waals surface area contributed by atoms with E-state index < -0.39 is 0 Å². The fourth-order valence-corrected chi connectivity index (χ4v) is 1.98. The van der Waals surface area contributed by atoms with Crippen LogP contribution in [0.4, 0.5) is 0 Å². The SMILES string of the molecule is COc1cccc(OC)c1-c1cncc(CCl)c1. The second kappa shape index (κ2) is 5.74. The number of aromatic nitrogens is 1. The summed E-state index contributed by atoms with van der Waals surface area (Å²) in [5, 5.41) is 0. The van der Waals surface area contributed by atoms with Gasteiger partial charge in [-0.1, -0.05) is 6.07 Å². The van der Waals surface area contributed by atoms with Crippen LogP contribution in [0.2, 0.25) is 0 Å². The van der Waals surface area contributed by atoms with Crippen LogP contribution in [0, 0.1) is 0 Å². The molecule has 4 heteroatoms. The monoisotopic (exact) mass is 263 g/mol. The van der Waals surface area contributed by atoms with Crippen LogP contribution in [0.3, 0.4) is 0 Å². The summed E-state index contributed by atoms with van der Waals surface area (Å²) in [6.07, 6.45) is 3.52. The molecule has 3 nitrogen and oxygen atoms in total. The van der Waals surface area contributed by atoms with E-state index in [1.165, 1.54) is 0 Å². The molecule has 1 aromatic carbocycles. The molecule has 0 atom stereocenters. The van der Waals surface area contributed by atoms with Crippen molar-refractivity contribution in [3.63, 3.8) is 0 Å². The van der Waals surface area contributed by atoms with E-state index in [0.29, 0.717) is 5.88 Å². The van der Waals surface area contributed by atoms with Crippen molar-refractivity contribution in [1.29, 1.82) is 0 Å². The molecular weight excluding hydrogens is 250 g/mol. The van der Waals surface area contributed by atoms with Gasteiger partial charge in [0.25, 0.3) is 0 Å². The molecule has 0 aliphatic heterocycles. The van der Waals surface area contributed by atoms with E-state index in [-0.39, 0.29) is 0 Å². The number of rotatable bonds is 4. The van der Waals surface area contributed by atoms with Crippen LogP contribution >= 0.6 is 11.6 Å². The number of halogens is 1. The fraction of sp³-hybridized carbons (Fsp3) is 0.214. The lowest BCUT2D eigenvalue weighted by molar-refractivity contribution is 0.397. The quantitative estimate of drug-likeness (QED) is 0.791. The average Bonchev–Trinajstić information content (AvgIpc) is 2.46. The van der Waals surface area contributed by atoms with Crippen molar-refractivity contribution in [2.45, 2.75) is 5.88 Å². The Morgan fingerprint density at radius 1 is 1.11 bits per heavy atom. The Hall–Kier alpha value is -1.74. The van der Waals surface area contributed by atoms with E-state index in [1.807, 2.05) is 24.3 Å². The Morgan fingerprint density at radius 3 is 2.33 bits per heavy atom. The maximum absolute atomic E-state index is 5.83. The second-order valence-electron chi connectivity index (χ2n) is 3.75. The lowest BCUT2D eigenvalue weighted by Crippen LogP contribution is -1.94. The standard InChI is InChI=1S/C14H14ClNO2/c1-17-12-4-3-5-13(18-2)14(12)11-6-10(7-15)8-16-9-11/h3-6,8-9H,7H2,1-2H3. The Balaban J connectivity index is 2.60. The lowest BCUT2D eigenvalue weighted by Gasteiger charge is -2.13. The maximum atomic E-state index is 5.83. The third kappa shape index (κ3) is 2.41. The number of alkyl halides is 1. The largest absolute Gasteiger partial charge is 0.496 e. The summed E-state index contributed by atoms with van der Waals surface area (Å²) < 4.78 is 10.7. The first-order valence-electron chi connectivity index (χ1n) is 5.51. The molecule has 0 amide bonds. The minimum absolute atomic E-state index is 0.429. The van der Waals surface area contributed by atoms with E-state index >= 15 is 0 Å². The van der Waals surface area contributed by atoms with Crippen LogP contribution in [-0.2, 0) is 5.88 Å². The zero-order valence-corrected chi connectivity index (χ0v) is 11.1. The van der Waals surface area contributed by atoms with Gasteiger partial charge >= 0.3 is 0 Å². The highest BCUT2D eigenvalue weighted by molar-refractivity contribution is 6.17. The van der Waals surface area contributed by atoms with Gasteiger partial charge in [0.1, 0.15) is 11.5 Å². The molecule has 0 bridgehead atoms. The van der Waals surface area contributed by atoms with Crippen molar-refractivity contribution in [2.75, 3.05) is 14.2 Å². The summed E-state index contributed by atoms with van der Waals surface area (Å²) in [5.41, 5.74) is 2.78. The average molecular weight is 264 g/mol. The smallest absolute Gasteiger partial charge is 0.130 e. The Labute approximate surface area is 111 Å².